The molecule has 1 aromatic heterocycles. The van der Waals surface area contributed by atoms with Crippen molar-refractivity contribution < 1.29 is 13.9 Å². The van der Waals surface area contributed by atoms with E-state index in [1.54, 1.807) is 6.07 Å². The molecule has 1 aliphatic rings. The predicted molar refractivity (Wildman–Crippen MR) is 64.7 cm³/mol. The molecule has 1 aliphatic carbocycles. The highest BCUT2D eigenvalue weighted by Crippen LogP contribution is 2.43. The lowest BCUT2D eigenvalue weighted by atomic mass is 10.1. The molecule has 3 nitrogen and oxygen atoms in total. The summed E-state index contributed by atoms with van der Waals surface area (Å²) in [6.07, 6.45) is 3.24. The Hall–Kier alpha value is -1.77. The summed E-state index contributed by atoms with van der Waals surface area (Å²) in [5.74, 6) is 2.25. The third-order valence-corrected chi connectivity index (χ3v) is 3.04. The van der Waals surface area contributed by atoms with Gasteiger partial charge < -0.3 is 9.15 Å². The first-order chi connectivity index (χ1) is 8.31. The lowest BCUT2D eigenvalue weighted by Gasteiger charge is -2.04. The van der Waals surface area contributed by atoms with Gasteiger partial charge in [-0.2, -0.15) is 0 Å². The van der Waals surface area contributed by atoms with Crippen LogP contribution >= 0.6 is 0 Å². The average molecular weight is 230 g/mol. The first-order valence-corrected chi connectivity index (χ1v) is 5.97. The van der Waals surface area contributed by atoms with Crippen molar-refractivity contribution in [3.8, 4) is 5.75 Å². The highest BCUT2D eigenvalue weighted by molar-refractivity contribution is 5.90. The molecule has 1 saturated carbocycles. The van der Waals surface area contributed by atoms with Crippen LogP contribution in [-0.2, 0) is 0 Å². The van der Waals surface area contributed by atoms with Crippen LogP contribution in [0.15, 0.2) is 22.6 Å². The average Bonchev–Trinajstić information content (AvgIpc) is 3.09. The first kappa shape index (κ1) is 10.4. The Labute approximate surface area is 99.4 Å². The molecule has 17 heavy (non-hydrogen) atoms. The van der Waals surface area contributed by atoms with E-state index in [1.165, 1.54) is 12.8 Å². The van der Waals surface area contributed by atoms with E-state index in [4.69, 9.17) is 9.15 Å². The maximum Gasteiger partial charge on any atom is 0.176 e. The van der Waals surface area contributed by atoms with Crippen molar-refractivity contribution in [2.45, 2.75) is 25.7 Å². The van der Waals surface area contributed by atoms with E-state index in [2.05, 4.69) is 0 Å². The van der Waals surface area contributed by atoms with Gasteiger partial charge in [-0.25, -0.2) is 0 Å². The topological polar surface area (TPSA) is 39.4 Å². The summed E-state index contributed by atoms with van der Waals surface area (Å²) in [7, 11) is 0. The second-order valence-corrected chi connectivity index (χ2v) is 4.41. The number of aldehydes is 1. The molecule has 1 heterocycles. The van der Waals surface area contributed by atoms with E-state index < -0.39 is 0 Å². The molecule has 1 aromatic carbocycles. The second kappa shape index (κ2) is 3.91. The summed E-state index contributed by atoms with van der Waals surface area (Å²) in [5, 5.41) is 0.958. The van der Waals surface area contributed by atoms with Crippen LogP contribution in [0.25, 0.3) is 11.0 Å². The molecule has 0 saturated heterocycles. The van der Waals surface area contributed by atoms with Crippen molar-refractivity contribution >= 4 is 17.3 Å². The molecule has 0 unspecified atom stereocenters. The van der Waals surface area contributed by atoms with E-state index in [1.807, 2.05) is 19.1 Å². The van der Waals surface area contributed by atoms with Crippen molar-refractivity contribution in [2.24, 2.45) is 0 Å². The maximum absolute atomic E-state index is 10.9. The quantitative estimate of drug-likeness (QED) is 0.754. The van der Waals surface area contributed by atoms with Gasteiger partial charge in [0.15, 0.2) is 11.3 Å². The summed E-state index contributed by atoms with van der Waals surface area (Å²) < 4.78 is 11.4. The van der Waals surface area contributed by atoms with Crippen molar-refractivity contribution in [1.82, 2.24) is 0 Å². The third-order valence-electron chi connectivity index (χ3n) is 3.04. The van der Waals surface area contributed by atoms with E-state index in [-0.39, 0.29) is 0 Å². The van der Waals surface area contributed by atoms with Crippen molar-refractivity contribution in [2.75, 3.05) is 6.61 Å². The number of carbonyl (C=O) groups is 1. The van der Waals surface area contributed by atoms with E-state index >= 15 is 0 Å². The molecule has 0 spiro atoms. The molecular weight excluding hydrogens is 216 g/mol. The minimum Gasteiger partial charge on any atom is -0.490 e. The lowest BCUT2D eigenvalue weighted by Crippen LogP contribution is -1.93. The van der Waals surface area contributed by atoms with Crippen LogP contribution in [0.2, 0.25) is 0 Å². The summed E-state index contributed by atoms with van der Waals surface area (Å²) in [5.41, 5.74) is 1.39. The van der Waals surface area contributed by atoms with Crippen LogP contribution in [0.1, 0.15) is 41.8 Å². The van der Waals surface area contributed by atoms with Gasteiger partial charge in [0.1, 0.15) is 12.0 Å². The van der Waals surface area contributed by atoms with Crippen LogP contribution in [-0.4, -0.2) is 12.9 Å². The largest absolute Gasteiger partial charge is 0.490 e. The molecule has 0 N–H and O–H groups in total. The van der Waals surface area contributed by atoms with Crippen LogP contribution < -0.4 is 4.74 Å². The minimum atomic E-state index is 0.566. The Balaban J connectivity index is 2.16. The Bertz CT molecular complexity index is 564. The lowest BCUT2D eigenvalue weighted by molar-refractivity contribution is 0.112. The van der Waals surface area contributed by atoms with Gasteiger partial charge in [-0.3, -0.25) is 4.79 Å². The minimum absolute atomic E-state index is 0.566. The summed E-state index contributed by atoms with van der Waals surface area (Å²) in [6.45, 7) is 2.49. The summed E-state index contributed by atoms with van der Waals surface area (Å²) in [4.78, 5) is 10.9. The zero-order valence-electron chi connectivity index (χ0n) is 9.73. The Kier molecular flexibility index (Phi) is 2.39. The highest BCUT2D eigenvalue weighted by atomic mass is 16.5. The van der Waals surface area contributed by atoms with Crippen LogP contribution in [0.4, 0.5) is 0 Å². The number of hydrogen-bond acceptors (Lipinski definition) is 3. The molecular formula is C14H14O3. The summed E-state index contributed by atoms with van der Waals surface area (Å²) >= 11 is 0. The van der Waals surface area contributed by atoms with Gasteiger partial charge in [0.25, 0.3) is 0 Å². The van der Waals surface area contributed by atoms with Gasteiger partial charge in [-0.1, -0.05) is 0 Å². The maximum atomic E-state index is 10.9. The van der Waals surface area contributed by atoms with Crippen LogP contribution in [0, 0.1) is 0 Å². The summed E-state index contributed by atoms with van der Waals surface area (Å²) in [6, 6.07) is 5.61. The molecule has 3 rings (SSSR count). The molecule has 0 atom stereocenters. The van der Waals surface area contributed by atoms with Gasteiger partial charge in [0.2, 0.25) is 0 Å². The zero-order chi connectivity index (χ0) is 11.8. The third kappa shape index (κ3) is 1.82. The molecule has 3 heteroatoms. The normalized spacial score (nSPS) is 15.1. The molecule has 0 aliphatic heterocycles. The number of rotatable bonds is 4. The number of furan rings is 1. The fraction of sp³-hybridized carbons (Fsp3) is 0.357. The predicted octanol–water partition coefficient (Wildman–Crippen LogP) is 3.52. The molecule has 0 amide bonds. The molecule has 0 radical (unpaired) electrons. The Morgan fingerprint density at radius 1 is 1.41 bits per heavy atom. The van der Waals surface area contributed by atoms with Gasteiger partial charge in [0, 0.05) is 16.9 Å². The monoisotopic (exact) mass is 230 g/mol. The van der Waals surface area contributed by atoms with Gasteiger partial charge in [-0.15, -0.1) is 0 Å². The number of fused-ring (bicyclic) bond motifs is 1. The van der Waals surface area contributed by atoms with Gasteiger partial charge in [0.05, 0.1) is 6.61 Å². The second-order valence-electron chi connectivity index (χ2n) is 4.41. The Morgan fingerprint density at radius 3 is 2.88 bits per heavy atom. The smallest absolute Gasteiger partial charge is 0.176 e. The number of ether oxygens (including phenoxy) is 1. The standard InChI is InChI=1S/C14H14O3/c1-2-16-13-6-9(8-15)5-11-7-12(10-3-4-10)17-14(11)13/h5-8,10H,2-4H2,1H3. The molecule has 88 valence electrons. The first-order valence-electron chi connectivity index (χ1n) is 5.97. The SMILES string of the molecule is CCOc1cc(C=O)cc2cc(C3CC3)oc12. The van der Waals surface area contributed by atoms with E-state index in [0.29, 0.717) is 23.8 Å². The number of benzene rings is 1. The number of hydrogen-bond donors (Lipinski definition) is 0. The van der Waals surface area contributed by atoms with Gasteiger partial charge in [-0.05, 0) is 38.0 Å². The number of carbonyl (C=O) groups excluding carboxylic acids is 1. The van der Waals surface area contributed by atoms with Crippen LogP contribution in [0.5, 0.6) is 5.75 Å². The van der Waals surface area contributed by atoms with Crippen molar-refractivity contribution in [3.05, 3.63) is 29.5 Å². The van der Waals surface area contributed by atoms with E-state index in [0.717, 1.165) is 23.0 Å². The van der Waals surface area contributed by atoms with Crippen LogP contribution in [0.3, 0.4) is 0 Å². The Morgan fingerprint density at radius 2 is 2.24 bits per heavy atom. The van der Waals surface area contributed by atoms with Crippen molar-refractivity contribution in [3.63, 3.8) is 0 Å². The van der Waals surface area contributed by atoms with Gasteiger partial charge >= 0.3 is 0 Å². The molecule has 1 fully saturated rings. The fourth-order valence-corrected chi connectivity index (χ4v) is 2.06. The van der Waals surface area contributed by atoms with Crippen molar-refractivity contribution in [1.29, 1.82) is 0 Å². The zero-order valence-corrected chi connectivity index (χ0v) is 9.73. The fourth-order valence-electron chi connectivity index (χ4n) is 2.06. The highest BCUT2D eigenvalue weighted by Gasteiger charge is 2.27. The van der Waals surface area contributed by atoms with E-state index in [9.17, 15) is 4.79 Å². The molecule has 0 bridgehead atoms. The molecule has 2 aromatic rings.